The molecule has 0 saturated heterocycles. The van der Waals surface area contributed by atoms with Gasteiger partial charge in [0.15, 0.2) is 0 Å². The van der Waals surface area contributed by atoms with E-state index in [0.29, 0.717) is 17.7 Å². The van der Waals surface area contributed by atoms with Gasteiger partial charge in [-0.15, -0.1) is 0 Å². The fraction of sp³-hybridized carbons (Fsp3) is 0.188. The van der Waals surface area contributed by atoms with Crippen molar-refractivity contribution in [3.8, 4) is 0 Å². The number of hydrogen-bond acceptors (Lipinski definition) is 2. The van der Waals surface area contributed by atoms with Crippen molar-refractivity contribution in [2.75, 3.05) is 6.54 Å². The summed E-state index contributed by atoms with van der Waals surface area (Å²) in [5, 5.41) is 2.80. The zero-order chi connectivity index (χ0) is 15.0. The Labute approximate surface area is 130 Å². The lowest BCUT2D eigenvalue weighted by atomic mass is 9.92. The van der Waals surface area contributed by atoms with Gasteiger partial charge in [0.05, 0.1) is 6.04 Å². The highest BCUT2D eigenvalue weighted by atomic mass is 79.9. The monoisotopic (exact) mass is 348 g/mol. The van der Waals surface area contributed by atoms with Gasteiger partial charge in [-0.2, -0.15) is 0 Å². The maximum atomic E-state index is 13.9. The van der Waals surface area contributed by atoms with Gasteiger partial charge in [0.25, 0.3) is 5.91 Å². The number of amides is 1. The predicted molar refractivity (Wildman–Crippen MR) is 82.6 cm³/mol. The molecule has 2 aromatic rings. The number of hydrogen-bond donors (Lipinski definition) is 2. The molecule has 0 aliphatic carbocycles. The average Bonchev–Trinajstić information content (AvgIpc) is 2.49. The summed E-state index contributed by atoms with van der Waals surface area (Å²) in [6.07, 6.45) is 0.807. The fourth-order valence-electron chi connectivity index (χ4n) is 2.56. The highest BCUT2D eigenvalue weighted by molar-refractivity contribution is 9.10. The standard InChI is InChI=1S/C16H14BrFN2O/c17-11-3-4-14(18)13(8-11)15(19)10-2-1-9-5-6-20-16(21)12(9)7-10/h1-4,7-8,15H,5-6,19H2,(H,20,21). The quantitative estimate of drug-likeness (QED) is 0.876. The van der Waals surface area contributed by atoms with Crippen LogP contribution in [-0.4, -0.2) is 12.5 Å². The van der Waals surface area contributed by atoms with E-state index in [-0.39, 0.29) is 11.7 Å². The second-order valence-corrected chi connectivity index (χ2v) is 5.98. The SMILES string of the molecule is NC(c1ccc2c(c1)C(=O)NCC2)c1cc(Br)ccc1F. The molecule has 0 aromatic heterocycles. The highest BCUT2D eigenvalue weighted by Gasteiger charge is 2.20. The molecule has 0 spiro atoms. The third-order valence-corrected chi connectivity index (χ3v) is 4.20. The zero-order valence-corrected chi connectivity index (χ0v) is 12.8. The molecular weight excluding hydrogens is 335 g/mol. The summed E-state index contributed by atoms with van der Waals surface area (Å²) in [5.74, 6) is -0.451. The molecule has 1 aliphatic heterocycles. The minimum atomic E-state index is -0.609. The second-order valence-electron chi connectivity index (χ2n) is 5.07. The number of carbonyl (C=O) groups is 1. The third kappa shape index (κ3) is 2.71. The number of nitrogens with one attached hydrogen (secondary N) is 1. The minimum Gasteiger partial charge on any atom is -0.352 e. The zero-order valence-electron chi connectivity index (χ0n) is 11.2. The molecule has 0 radical (unpaired) electrons. The van der Waals surface area contributed by atoms with Crippen molar-refractivity contribution >= 4 is 21.8 Å². The maximum absolute atomic E-state index is 13.9. The fourth-order valence-corrected chi connectivity index (χ4v) is 2.93. The van der Waals surface area contributed by atoms with Gasteiger partial charge in [0, 0.05) is 22.1 Å². The van der Waals surface area contributed by atoms with Crippen molar-refractivity contribution in [3.05, 3.63) is 68.9 Å². The molecule has 3 rings (SSSR count). The predicted octanol–water partition coefficient (Wildman–Crippen LogP) is 2.92. The largest absolute Gasteiger partial charge is 0.352 e. The van der Waals surface area contributed by atoms with Crippen molar-refractivity contribution < 1.29 is 9.18 Å². The Bertz CT molecular complexity index is 717. The van der Waals surface area contributed by atoms with E-state index in [1.54, 1.807) is 18.2 Å². The molecule has 1 aliphatic rings. The van der Waals surface area contributed by atoms with Gasteiger partial charge in [-0.1, -0.05) is 28.1 Å². The minimum absolute atomic E-state index is 0.0972. The van der Waals surface area contributed by atoms with Crippen LogP contribution in [0.4, 0.5) is 4.39 Å². The molecule has 1 unspecified atom stereocenters. The van der Waals surface area contributed by atoms with E-state index in [4.69, 9.17) is 5.73 Å². The van der Waals surface area contributed by atoms with Crippen molar-refractivity contribution in [1.82, 2.24) is 5.32 Å². The molecule has 5 heteroatoms. The third-order valence-electron chi connectivity index (χ3n) is 3.71. The van der Waals surface area contributed by atoms with Gasteiger partial charge >= 0.3 is 0 Å². The lowest BCUT2D eigenvalue weighted by molar-refractivity contribution is 0.0946. The number of carbonyl (C=O) groups excluding carboxylic acids is 1. The van der Waals surface area contributed by atoms with Crippen LogP contribution in [0.1, 0.15) is 33.1 Å². The Hall–Kier alpha value is -1.72. The molecule has 0 fully saturated rings. The number of benzene rings is 2. The Morgan fingerprint density at radius 1 is 1.24 bits per heavy atom. The van der Waals surface area contributed by atoms with Crippen molar-refractivity contribution in [2.45, 2.75) is 12.5 Å². The summed E-state index contributed by atoms with van der Waals surface area (Å²) >= 11 is 3.32. The van der Waals surface area contributed by atoms with Crippen LogP contribution in [0.5, 0.6) is 0 Å². The van der Waals surface area contributed by atoms with Crippen molar-refractivity contribution in [3.63, 3.8) is 0 Å². The van der Waals surface area contributed by atoms with Gasteiger partial charge in [-0.05, 0) is 41.8 Å². The molecule has 0 saturated carbocycles. The molecule has 3 N–H and O–H groups in total. The molecule has 108 valence electrons. The molecule has 1 heterocycles. The molecular formula is C16H14BrFN2O. The van der Waals surface area contributed by atoms with E-state index in [1.165, 1.54) is 6.07 Å². The Morgan fingerprint density at radius 3 is 2.86 bits per heavy atom. The summed E-state index contributed by atoms with van der Waals surface area (Å²) in [6.45, 7) is 0.650. The summed E-state index contributed by atoms with van der Waals surface area (Å²) in [5.41, 5.74) is 8.93. The van der Waals surface area contributed by atoms with Gasteiger partial charge in [0.2, 0.25) is 0 Å². The van der Waals surface area contributed by atoms with Crippen molar-refractivity contribution in [2.24, 2.45) is 5.73 Å². The van der Waals surface area contributed by atoms with Gasteiger partial charge in [-0.25, -0.2) is 4.39 Å². The number of nitrogens with two attached hydrogens (primary N) is 1. The summed E-state index contributed by atoms with van der Waals surface area (Å²) in [4.78, 5) is 11.9. The lowest BCUT2D eigenvalue weighted by Crippen LogP contribution is -2.32. The molecule has 0 bridgehead atoms. The normalized spacial score (nSPS) is 15.3. The molecule has 1 atom stereocenters. The topological polar surface area (TPSA) is 55.1 Å². The first-order chi connectivity index (χ1) is 10.1. The maximum Gasteiger partial charge on any atom is 0.251 e. The first kappa shape index (κ1) is 14.2. The Morgan fingerprint density at radius 2 is 2.05 bits per heavy atom. The molecule has 2 aromatic carbocycles. The number of halogens is 2. The molecule has 21 heavy (non-hydrogen) atoms. The van der Waals surface area contributed by atoms with Crippen molar-refractivity contribution in [1.29, 1.82) is 0 Å². The lowest BCUT2D eigenvalue weighted by Gasteiger charge is -2.20. The van der Waals surface area contributed by atoms with E-state index < -0.39 is 6.04 Å². The van der Waals surface area contributed by atoms with Gasteiger partial charge < -0.3 is 11.1 Å². The number of rotatable bonds is 2. The van der Waals surface area contributed by atoms with Crippen LogP contribution < -0.4 is 11.1 Å². The van der Waals surface area contributed by atoms with Crippen LogP contribution in [0.3, 0.4) is 0 Å². The van der Waals surface area contributed by atoms with E-state index >= 15 is 0 Å². The summed E-state index contributed by atoms with van der Waals surface area (Å²) in [6, 6.07) is 9.59. The van der Waals surface area contributed by atoms with Crippen LogP contribution in [0.2, 0.25) is 0 Å². The van der Waals surface area contributed by atoms with Crippen LogP contribution in [0.25, 0.3) is 0 Å². The van der Waals surface area contributed by atoms with Crippen LogP contribution in [0.15, 0.2) is 40.9 Å². The highest BCUT2D eigenvalue weighted by Crippen LogP contribution is 2.27. The van der Waals surface area contributed by atoms with Crippen LogP contribution in [0, 0.1) is 5.82 Å². The van der Waals surface area contributed by atoms with E-state index in [0.717, 1.165) is 22.0 Å². The van der Waals surface area contributed by atoms with E-state index in [2.05, 4.69) is 21.2 Å². The van der Waals surface area contributed by atoms with E-state index in [9.17, 15) is 9.18 Å². The molecule has 1 amide bonds. The smallest absolute Gasteiger partial charge is 0.251 e. The Kier molecular flexibility index (Phi) is 3.78. The average molecular weight is 349 g/mol. The summed E-state index contributed by atoms with van der Waals surface area (Å²) in [7, 11) is 0. The number of fused-ring (bicyclic) bond motifs is 1. The Balaban J connectivity index is 2.02. The van der Waals surface area contributed by atoms with Gasteiger partial charge in [0.1, 0.15) is 5.82 Å². The van der Waals surface area contributed by atoms with Crippen LogP contribution >= 0.6 is 15.9 Å². The second kappa shape index (κ2) is 5.58. The van der Waals surface area contributed by atoms with Crippen LogP contribution in [-0.2, 0) is 6.42 Å². The first-order valence-electron chi connectivity index (χ1n) is 6.68. The molecule has 3 nitrogen and oxygen atoms in total. The summed E-state index contributed by atoms with van der Waals surface area (Å²) < 4.78 is 14.7. The van der Waals surface area contributed by atoms with E-state index in [1.807, 2.05) is 12.1 Å². The first-order valence-corrected chi connectivity index (χ1v) is 7.47. The van der Waals surface area contributed by atoms with Gasteiger partial charge in [-0.3, -0.25) is 4.79 Å².